The molecule has 2 aromatic carbocycles. The van der Waals surface area contributed by atoms with Crippen LogP contribution in [0.1, 0.15) is 31.9 Å². The van der Waals surface area contributed by atoms with Gasteiger partial charge in [0.2, 0.25) is 21.8 Å². The van der Waals surface area contributed by atoms with Gasteiger partial charge in [-0.2, -0.15) is 13.2 Å². The molecule has 0 saturated carbocycles. The molecular formula is C24H29ClF3N3O4S. The van der Waals surface area contributed by atoms with Crippen molar-refractivity contribution in [2.24, 2.45) is 0 Å². The number of rotatable bonds is 10. The second kappa shape index (κ2) is 12.0. The molecule has 2 aromatic rings. The monoisotopic (exact) mass is 547 g/mol. The Morgan fingerprint density at radius 3 is 2.19 bits per heavy atom. The van der Waals surface area contributed by atoms with Crippen LogP contribution in [0.2, 0.25) is 5.02 Å². The topological polar surface area (TPSA) is 86.8 Å². The third-order valence-electron chi connectivity index (χ3n) is 5.30. The van der Waals surface area contributed by atoms with Crippen molar-refractivity contribution in [3.63, 3.8) is 0 Å². The van der Waals surface area contributed by atoms with Crippen LogP contribution in [-0.4, -0.2) is 56.6 Å². The summed E-state index contributed by atoms with van der Waals surface area (Å²) in [6.07, 6.45) is -3.67. The number of hydrogen-bond acceptors (Lipinski definition) is 4. The summed E-state index contributed by atoms with van der Waals surface area (Å²) in [5.74, 6) is -1.19. The fraction of sp³-hybridized carbons (Fsp3) is 0.417. The van der Waals surface area contributed by atoms with E-state index in [0.29, 0.717) is 16.8 Å². The van der Waals surface area contributed by atoms with Crippen LogP contribution in [0.4, 0.5) is 18.9 Å². The maximum absolute atomic E-state index is 13.4. The van der Waals surface area contributed by atoms with Crippen LogP contribution in [0.25, 0.3) is 0 Å². The number of anilines is 1. The Morgan fingerprint density at radius 2 is 1.67 bits per heavy atom. The zero-order valence-corrected chi connectivity index (χ0v) is 21.9. The number of nitrogens with zero attached hydrogens (tertiary/aromatic N) is 2. The van der Waals surface area contributed by atoms with Gasteiger partial charge in [0, 0.05) is 12.6 Å². The molecule has 0 bridgehead atoms. The minimum Gasteiger partial charge on any atom is -0.352 e. The number of carbonyl (C=O) groups excluding carboxylic acids is 2. The highest BCUT2D eigenvalue weighted by Crippen LogP contribution is 2.37. The van der Waals surface area contributed by atoms with E-state index in [1.807, 2.05) is 30.3 Å². The van der Waals surface area contributed by atoms with Crippen molar-refractivity contribution in [2.75, 3.05) is 23.7 Å². The van der Waals surface area contributed by atoms with Crippen LogP contribution in [0.5, 0.6) is 0 Å². The summed E-state index contributed by atoms with van der Waals surface area (Å²) in [5, 5.41) is 2.11. The first-order valence-corrected chi connectivity index (χ1v) is 13.3. The molecule has 0 aliphatic carbocycles. The lowest BCUT2D eigenvalue weighted by molar-refractivity contribution is -0.139. The number of benzene rings is 2. The fourth-order valence-electron chi connectivity index (χ4n) is 3.47. The molecular weight excluding hydrogens is 519 g/mol. The highest BCUT2D eigenvalue weighted by molar-refractivity contribution is 7.92. The van der Waals surface area contributed by atoms with Crippen LogP contribution in [0.3, 0.4) is 0 Å². The Morgan fingerprint density at radius 1 is 1.06 bits per heavy atom. The van der Waals surface area contributed by atoms with Crippen LogP contribution >= 0.6 is 11.6 Å². The number of hydrogen-bond donors (Lipinski definition) is 1. The van der Waals surface area contributed by atoms with Gasteiger partial charge in [-0.25, -0.2) is 8.42 Å². The van der Waals surface area contributed by atoms with E-state index in [1.165, 1.54) is 11.8 Å². The number of alkyl halides is 3. The van der Waals surface area contributed by atoms with Crippen molar-refractivity contribution in [3.05, 3.63) is 64.7 Å². The van der Waals surface area contributed by atoms with Crippen molar-refractivity contribution in [2.45, 2.75) is 45.5 Å². The minimum absolute atomic E-state index is 0.0849. The molecule has 0 radical (unpaired) electrons. The van der Waals surface area contributed by atoms with E-state index in [9.17, 15) is 31.2 Å². The van der Waals surface area contributed by atoms with E-state index in [2.05, 4.69) is 5.32 Å². The minimum atomic E-state index is -4.83. The van der Waals surface area contributed by atoms with E-state index in [1.54, 1.807) is 13.8 Å². The molecule has 1 N–H and O–H groups in total. The molecule has 0 aliphatic heterocycles. The van der Waals surface area contributed by atoms with Crippen molar-refractivity contribution in [3.8, 4) is 0 Å². The normalized spacial score (nSPS) is 12.8. The lowest BCUT2D eigenvalue weighted by Crippen LogP contribution is -2.53. The molecule has 2 rings (SSSR count). The molecule has 0 saturated heterocycles. The van der Waals surface area contributed by atoms with E-state index < -0.39 is 51.2 Å². The summed E-state index contributed by atoms with van der Waals surface area (Å²) in [6.45, 7) is 4.30. The van der Waals surface area contributed by atoms with Crippen LogP contribution in [0.15, 0.2) is 48.5 Å². The van der Waals surface area contributed by atoms with E-state index in [0.717, 1.165) is 24.0 Å². The van der Waals surface area contributed by atoms with Crippen LogP contribution < -0.4 is 9.62 Å². The molecule has 1 atom stereocenters. The molecule has 0 aromatic heterocycles. The van der Waals surface area contributed by atoms with Gasteiger partial charge in [-0.15, -0.1) is 0 Å². The van der Waals surface area contributed by atoms with Gasteiger partial charge in [-0.3, -0.25) is 13.9 Å². The van der Waals surface area contributed by atoms with Gasteiger partial charge in [0.05, 0.1) is 22.5 Å². The Balaban J connectivity index is 2.41. The lowest BCUT2D eigenvalue weighted by atomic mass is 10.1. The second-order valence-corrected chi connectivity index (χ2v) is 10.9. The third kappa shape index (κ3) is 8.12. The van der Waals surface area contributed by atoms with Gasteiger partial charge in [0.25, 0.3) is 0 Å². The Labute approximate surface area is 214 Å². The fourth-order valence-corrected chi connectivity index (χ4v) is 4.54. The number of halogens is 4. The van der Waals surface area contributed by atoms with Crippen molar-refractivity contribution < 1.29 is 31.2 Å². The van der Waals surface area contributed by atoms with Gasteiger partial charge in [-0.1, -0.05) is 41.9 Å². The summed E-state index contributed by atoms with van der Waals surface area (Å²) < 4.78 is 65.7. The molecule has 0 aliphatic rings. The second-order valence-electron chi connectivity index (χ2n) is 8.59. The Kier molecular flexibility index (Phi) is 9.78. The molecule has 36 heavy (non-hydrogen) atoms. The molecule has 7 nitrogen and oxygen atoms in total. The number of sulfonamides is 1. The zero-order chi connectivity index (χ0) is 27.3. The summed E-state index contributed by atoms with van der Waals surface area (Å²) in [7, 11) is -4.18. The summed E-state index contributed by atoms with van der Waals surface area (Å²) in [6, 6.07) is 10.6. The van der Waals surface area contributed by atoms with Crippen molar-refractivity contribution >= 4 is 39.1 Å². The third-order valence-corrected chi connectivity index (χ3v) is 6.78. The standard InChI is InChI=1S/C24H29ClF3N3O4S/c1-16(2)29-23(33)17(3)30(13-12-18-8-6-5-7-9-18)22(32)15-31(36(4,34)35)19-10-11-21(25)20(14-19)24(26,27)28/h5-11,14,16-17H,12-13,15H2,1-4H3,(H,29,33). The first kappa shape index (κ1) is 29.4. The lowest BCUT2D eigenvalue weighted by Gasteiger charge is -2.32. The molecule has 12 heteroatoms. The van der Waals surface area contributed by atoms with Crippen molar-refractivity contribution in [1.29, 1.82) is 0 Å². The quantitative estimate of drug-likeness (QED) is 0.485. The highest BCUT2D eigenvalue weighted by Gasteiger charge is 2.35. The average molecular weight is 548 g/mol. The first-order valence-electron chi connectivity index (χ1n) is 11.1. The van der Waals surface area contributed by atoms with E-state index >= 15 is 0 Å². The smallest absolute Gasteiger partial charge is 0.352 e. The number of nitrogens with one attached hydrogen (secondary N) is 1. The summed E-state index contributed by atoms with van der Waals surface area (Å²) in [4.78, 5) is 27.3. The molecule has 198 valence electrons. The zero-order valence-electron chi connectivity index (χ0n) is 20.3. The molecule has 0 heterocycles. The molecule has 0 spiro atoms. The Hall–Kier alpha value is -2.79. The highest BCUT2D eigenvalue weighted by atomic mass is 35.5. The largest absolute Gasteiger partial charge is 0.417 e. The SMILES string of the molecule is CC(C)NC(=O)C(C)N(CCc1ccccc1)C(=O)CN(c1ccc(Cl)c(C(F)(F)F)c1)S(C)(=O)=O. The van der Waals surface area contributed by atoms with Gasteiger partial charge in [-0.05, 0) is 51.0 Å². The summed E-state index contributed by atoms with van der Waals surface area (Å²) in [5.41, 5.74) is -0.711. The molecule has 0 fully saturated rings. The number of carbonyl (C=O) groups is 2. The molecule has 1 unspecified atom stereocenters. The van der Waals surface area contributed by atoms with Crippen molar-refractivity contribution in [1.82, 2.24) is 10.2 Å². The Bertz CT molecular complexity index is 1170. The maximum atomic E-state index is 13.4. The van der Waals surface area contributed by atoms with Gasteiger partial charge < -0.3 is 10.2 Å². The summed E-state index contributed by atoms with van der Waals surface area (Å²) >= 11 is 5.67. The van der Waals surface area contributed by atoms with E-state index in [4.69, 9.17) is 11.6 Å². The van der Waals surface area contributed by atoms with Crippen LogP contribution in [-0.2, 0) is 32.2 Å². The van der Waals surface area contributed by atoms with Gasteiger partial charge >= 0.3 is 6.18 Å². The first-order chi connectivity index (χ1) is 16.6. The average Bonchev–Trinajstić information content (AvgIpc) is 2.76. The van der Waals surface area contributed by atoms with Gasteiger partial charge in [0.15, 0.2) is 0 Å². The van der Waals surface area contributed by atoms with E-state index in [-0.39, 0.29) is 18.3 Å². The molecule has 2 amide bonds. The predicted molar refractivity (Wildman–Crippen MR) is 133 cm³/mol. The van der Waals surface area contributed by atoms with Gasteiger partial charge in [0.1, 0.15) is 12.6 Å². The number of amides is 2. The predicted octanol–water partition coefficient (Wildman–Crippen LogP) is 4.11. The maximum Gasteiger partial charge on any atom is 0.417 e. The van der Waals surface area contributed by atoms with Crippen LogP contribution in [0, 0.1) is 0 Å².